The molecule has 13 nitrogen and oxygen atoms in total. The minimum Gasteiger partial charge on any atom is -0.507 e. The Kier molecular flexibility index (Phi) is 8.18. The molecule has 2 bridgehead atoms. The molecule has 1 amide bonds. The van der Waals surface area contributed by atoms with Crippen LogP contribution in [0, 0.1) is 25.2 Å². The highest BCUT2D eigenvalue weighted by Gasteiger charge is 2.62. The van der Waals surface area contributed by atoms with Crippen LogP contribution in [0.25, 0.3) is 0 Å². The van der Waals surface area contributed by atoms with Crippen molar-refractivity contribution in [1.82, 2.24) is 9.80 Å². The average Bonchev–Trinajstić information content (AvgIpc) is 3.47. The number of fused-ring (bicyclic) bond motifs is 9. The lowest BCUT2D eigenvalue weighted by Gasteiger charge is -2.60. The van der Waals surface area contributed by atoms with Crippen LogP contribution in [0.15, 0.2) is 6.07 Å². The van der Waals surface area contributed by atoms with Crippen molar-refractivity contribution >= 4 is 46.9 Å². The number of ether oxygens (including phenoxy) is 5. The number of rotatable bonds is 4. The van der Waals surface area contributed by atoms with E-state index in [2.05, 4.69) is 6.07 Å². The minimum absolute atomic E-state index is 0.0376. The molecule has 2 aromatic rings. The van der Waals surface area contributed by atoms with E-state index in [4.69, 9.17) is 58.5 Å². The number of aryl methyl sites for hydroxylation is 1. The molecular formula is C30H30Cl3N3O10. The number of nitrogens with zero attached hydrogens (tertiary/aromatic N) is 3. The first-order valence-electron chi connectivity index (χ1n) is 14.3. The predicted molar refractivity (Wildman–Crippen MR) is 161 cm³/mol. The lowest BCUT2D eigenvalue weighted by atomic mass is 9.70. The second kappa shape index (κ2) is 11.6. The number of halogens is 3. The first-order chi connectivity index (χ1) is 21.7. The van der Waals surface area contributed by atoms with E-state index in [1.807, 2.05) is 0 Å². The molecule has 4 aliphatic rings. The summed E-state index contributed by atoms with van der Waals surface area (Å²) in [7, 11) is 1.39. The second-order valence-electron chi connectivity index (χ2n) is 11.6. The number of phenols is 2. The lowest BCUT2D eigenvalue weighted by Crippen LogP contribution is -2.71. The van der Waals surface area contributed by atoms with Crippen molar-refractivity contribution in [2.75, 3.05) is 27.1 Å². The Hall–Kier alpha value is -3.54. The molecule has 4 aliphatic heterocycles. The molecule has 16 heteroatoms. The number of piperazine rings is 1. The summed E-state index contributed by atoms with van der Waals surface area (Å²) in [5.41, 5.74) is 2.06. The van der Waals surface area contributed by atoms with Gasteiger partial charge in [-0.3, -0.25) is 14.6 Å². The van der Waals surface area contributed by atoms with Gasteiger partial charge in [0.05, 0.1) is 37.3 Å². The Morgan fingerprint density at radius 1 is 1.11 bits per heavy atom. The largest absolute Gasteiger partial charge is 0.507 e. The molecule has 1 unspecified atom stereocenters. The van der Waals surface area contributed by atoms with Gasteiger partial charge in [-0.1, -0.05) is 40.9 Å². The second-order valence-corrected chi connectivity index (χ2v) is 14.1. The molecule has 0 radical (unpaired) electrons. The van der Waals surface area contributed by atoms with E-state index in [1.54, 1.807) is 24.8 Å². The topological polar surface area (TPSA) is 171 Å². The molecule has 0 aromatic heterocycles. The smallest absolute Gasteiger partial charge is 0.410 e. The van der Waals surface area contributed by atoms with Gasteiger partial charge in [-0.15, -0.1) is 0 Å². The number of benzene rings is 2. The molecule has 46 heavy (non-hydrogen) atoms. The molecule has 0 saturated carbocycles. The zero-order chi connectivity index (χ0) is 33.4. The maximum Gasteiger partial charge on any atom is 0.410 e. The number of aromatic hydroxyl groups is 2. The van der Waals surface area contributed by atoms with Gasteiger partial charge in [0.25, 0.3) is 0 Å². The SMILES string of the molecule is COc1c(C)cc2c(c1O)[C@H]1[C@@H]3C(O)c4c(O)c(C)c5c(c4[C@H](COC(C)=O)N3[C@@H](C#N)[C@@H](C2)N1C(=O)OCC(Cl)(Cl)Cl)OCO5. The van der Waals surface area contributed by atoms with E-state index in [0.717, 1.165) is 0 Å². The van der Waals surface area contributed by atoms with Crippen LogP contribution in [0.3, 0.4) is 0 Å². The van der Waals surface area contributed by atoms with Gasteiger partial charge in [-0.2, -0.15) is 5.26 Å². The van der Waals surface area contributed by atoms with E-state index in [-0.39, 0.29) is 65.3 Å². The molecule has 6 rings (SSSR count). The Bertz CT molecular complexity index is 1680. The van der Waals surface area contributed by atoms with Gasteiger partial charge in [0.2, 0.25) is 10.6 Å². The summed E-state index contributed by atoms with van der Waals surface area (Å²) in [5, 5.41) is 46.2. The van der Waals surface area contributed by atoms with Crippen LogP contribution in [-0.4, -0.2) is 86.2 Å². The number of alkyl halides is 3. The summed E-state index contributed by atoms with van der Waals surface area (Å²) in [4.78, 5) is 28.9. The fraction of sp³-hybridized carbons (Fsp3) is 0.500. The molecule has 4 heterocycles. The highest BCUT2D eigenvalue weighted by molar-refractivity contribution is 6.67. The molecule has 3 N–H and O–H groups in total. The standard InChI is InChI=1S/C30H30Cl3N3O10/c1-11-5-14-6-15-16(7-34)35-17(8-43-13(3)37)19-20(23(38)12(2)27-28(19)46-10-45-27)24(39)22(35)21(18(14)25(40)26(11)42-4)36(15)29(41)44-9-30(31,32)33/h5,15-17,21-22,24,38-40H,6,8-10H2,1-4H3/t15-,16+,17+,21+,22-,24?/m1/s1. The number of carbonyl (C=O) groups is 2. The maximum atomic E-state index is 13.9. The zero-order valence-corrected chi connectivity index (χ0v) is 27.3. The number of methoxy groups -OCH3 is 1. The summed E-state index contributed by atoms with van der Waals surface area (Å²) in [6.07, 6.45) is -2.49. The number of carbonyl (C=O) groups excluding carboxylic acids is 2. The molecule has 2 aromatic carbocycles. The monoisotopic (exact) mass is 697 g/mol. The van der Waals surface area contributed by atoms with Crippen molar-refractivity contribution in [2.24, 2.45) is 0 Å². The number of aliphatic hydroxyl groups is 1. The first kappa shape index (κ1) is 32.4. The summed E-state index contributed by atoms with van der Waals surface area (Å²) < 4.78 is 25.9. The summed E-state index contributed by atoms with van der Waals surface area (Å²) in [5.74, 6) is -0.573. The number of phenolic OH excluding ortho intramolecular Hbond substituents is 2. The summed E-state index contributed by atoms with van der Waals surface area (Å²) in [6.45, 7) is 3.46. The predicted octanol–water partition coefficient (Wildman–Crippen LogP) is 4.15. The van der Waals surface area contributed by atoms with Gasteiger partial charge < -0.3 is 39.0 Å². The number of amides is 1. The van der Waals surface area contributed by atoms with Gasteiger partial charge in [0.1, 0.15) is 31.1 Å². The Balaban J connectivity index is 1.64. The van der Waals surface area contributed by atoms with E-state index in [1.165, 1.54) is 18.9 Å². The van der Waals surface area contributed by atoms with Crippen molar-refractivity contribution < 1.29 is 48.6 Å². The Labute approximate surface area is 278 Å². The van der Waals surface area contributed by atoms with Gasteiger partial charge in [0.15, 0.2) is 23.0 Å². The minimum atomic E-state index is -1.95. The van der Waals surface area contributed by atoms with Crippen molar-refractivity contribution in [1.29, 1.82) is 5.26 Å². The molecule has 6 atom stereocenters. The van der Waals surface area contributed by atoms with Gasteiger partial charge in [0, 0.05) is 29.2 Å². The first-order valence-corrected chi connectivity index (χ1v) is 15.4. The average molecular weight is 699 g/mol. The fourth-order valence-corrected chi connectivity index (χ4v) is 7.59. The van der Waals surface area contributed by atoms with Crippen molar-refractivity contribution in [3.8, 4) is 34.8 Å². The number of hydrogen-bond donors (Lipinski definition) is 3. The fourth-order valence-electron chi connectivity index (χ4n) is 7.43. The van der Waals surface area contributed by atoms with Gasteiger partial charge in [-0.05, 0) is 31.4 Å². The number of nitriles is 1. The number of hydrogen-bond acceptors (Lipinski definition) is 12. The van der Waals surface area contributed by atoms with Crippen LogP contribution in [0.5, 0.6) is 28.7 Å². The summed E-state index contributed by atoms with van der Waals surface area (Å²) in [6, 6.07) is -1.40. The third-order valence-electron chi connectivity index (χ3n) is 9.06. The quantitative estimate of drug-likeness (QED) is 0.308. The van der Waals surface area contributed by atoms with E-state index < -0.39 is 58.8 Å². The van der Waals surface area contributed by atoms with E-state index >= 15 is 0 Å². The lowest BCUT2D eigenvalue weighted by molar-refractivity contribution is -0.151. The highest BCUT2D eigenvalue weighted by atomic mass is 35.6. The molecular weight excluding hydrogens is 669 g/mol. The van der Waals surface area contributed by atoms with Crippen LogP contribution >= 0.6 is 34.8 Å². The molecule has 1 saturated heterocycles. The summed E-state index contributed by atoms with van der Waals surface area (Å²) >= 11 is 17.7. The van der Waals surface area contributed by atoms with E-state index in [0.29, 0.717) is 16.7 Å². The van der Waals surface area contributed by atoms with Crippen LogP contribution in [0.2, 0.25) is 0 Å². The normalized spacial score (nSPS) is 25.9. The van der Waals surface area contributed by atoms with Gasteiger partial charge in [-0.25, -0.2) is 4.79 Å². The van der Waals surface area contributed by atoms with Gasteiger partial charge >= 0.3 is 12.1 Å². The Morgan fingerprint density at radius 2 is 1.80 bits per heavy atom. The third kappa shape index (κ3) is 4.89. The molecule has 0 aliphatic carbocycles. The molecule has 246 valence electrons. The van der Waals surface area contributed by atoms with Crippen molar-refractivity contribution in [3.05, 3.63) is 39.4 Å². The van der Waals surface area contributed by atoms with Crippen LogP contribution in [0.4, 0.5) is 4.79 Å². The van der Waals surface area contributed by atoms with E-state index in [9.17, 15) is 30.2 Å². The molecule has 1 fully saturated rings. The van der Waals surface area contributed by atoms with Crippen LogP contribution in [0.1, 0.15) is 58.5 Å². The Morgan fingerprint density at radius 3 is 2.43 bits per heavy atom. The number of aliphatic hydroxyl groups excluding tert-OH is 1. The third-order valence-corrected chi connectivity index (χ3v) is 9.39. The van der Waals surface area contributed by atoms with Crippen molar-refractivity contribution in [2.45, 2.75) is 67.3 Å². The number of esters is 1. The molecule has 0 spiro atoms. The highest BCUT2D eigenvalue weighted by Crippen LogP contribution is 2.61. The van der Waals surface area contributed by atoms with Crippen LogP contribution in [-0.2, 0) is 20.7 Å². The maximum absolute atomic E-state index is 13.9. The van der Waals surface area contributed by atoms with Crippen LogP contribution < -0.4 is 14.2 Å². The zero-order valence-electron chi connectivity index (χ0n) is 25.0. The van der Waals surface area contributed by atoms with Crippen molar-refractivity contribution in [3.63, 3.8) is 0 Å².